The lowest BCUT2D eigenvalue weighted by atomic mass is 10.1. The molecule has 0 saturated carbocycles. The van der Waals surface area contributed by atoms with E-state index in [1.807, 2.05) is 0 Å². The molecule has 146 valence electrons. The van der Waals surface area contributed by atoms with Crippen molar-refractivity contribution < 1.29 is 14.3 Å². The van der Waals surface area contributed by atoms with E-state index in [2.05, 4.69) is 0 Å². The molecule has 0 N–H and O–H groups in total. The summed E-state index contributed by atoms with van der Waals surface area (Å²) in [6, 6.07) is 15.4. The number of Topliss-reactive ketones (excluding diaryl/α,β-unsaturated/α-hetero) is 1. The third-order valence-electron chi connectivity index (χ3n) is 4.35. The molecule has 4 rings (SSSR count). The standard InChI is InChI=1S/C22H12Cl4O3/c23-16-4-2-5-17(24)15(16)11-28-13-7-8-14-19(10-13)29-20(22(14)27)9-12-3-1-6-18(25)21(12)26/h1-10H,11H2. The minimum absolute atomic E-state index is 0.162. The van der Waals surface area contributed by atoms with Crippen LogP contribution in [-0.4, -0.2) is 5.78 Å². The molecule has 0 radical (unpaired) electrons. The molecule has 0 bridgehead atoms. The number of carbonyl (C=O) groups is 1. The number of benzene rings is 3. The van der Waals surface area contributed by atoms with Gasteiger partial charge in [0.25, 0.3) is 0 Å². The monoisotopic (exact) mass is 464 g/mol. The highest BCUT2D eigenvalue weighted by Gasteiger charge is 2.28. The maximum Gasteiger partial charge on any atom is 0.231 e. The molecule has 1 heterocycles. The Morgan fingerprint density at radius 2 is 1.59 bits per heavy atom. The van der Waals surface area contributed by atoms with Crippen molar-refractivity contribution in [3.8, 4) is 11.5 Å². The van der Waals surface area contributed by atoms with Gasteiger partial charge in [-0.2, -0.15) is 0 Å². The van der Waals surface area contributed by atoms with Crippen LogP contribution in [0.2, 0.25) is 20.1 Å². The third kappa shape index (κ3) is 4.10. The molecule has 29 heavy (non-hydrogen) atoms. The van der Waals surface area contributed by atoms with E-state index in [1.165, 1.54) is 0 Å². The van der Waals surface area contributed by atoms with Crippen molar-refractivity contribution in [2.45, 2.75) is 6.61 Å². The number of ether oxygens (including phenoxy) is 2. The Balaban J connectivity index is 1.56. The van der Waals surface area contributed by atoms with Crippen molar-refractivity contribution in [2.24, 2.45) is 0 Å². The minimum atomic E-state index is -0.239. The Hall–Kier alpha value is -2.17. The molecule has 0 aromatic heterocycles. The Morgan fingerprint density at radius 3 is 2.34 bits per heavy atom. The predicted molar refractivity (Wildman–Crippen MR) is 117 cm³/mol. The number of fused-ring (bicyclic) bond motifs is 1. The Bertz CT molecular complexity index is 1130. The Labute approximate surface area is 187 Å². The van der Waals surface area contributed by atoms with Crippen LogP contribution in [0.15, 0.2) is 60.4 Å². The maximum atomic E-state index is 12.6. The fourth-order valence-electron chi connectivity index (χ4n) is 2.86. The van der Waals surface area contributed by atoms with Crippen molar-refractivity contribution in [1.29, 1.82) is 0 Å². The molecular weight excluding hydrogens is 454 g/mol. The number of carbonyl (C=O) groups excluding carboxylic acids is 1. The lowest BCUT2D eigenvalue weighted by Crippen LogP contribution is -1.98. The summed E-state index contributed by atoms with van der Waals surface area (Å²) in [5.41, 5.74) is 1.72. The molecule has 0 amide bonds. The van der Waals surface area contributed by atoms with E-state index >= 15 is 0 Å². The van der Waals surface area contributed by atoms with E-state index in [9.17, 15) is 4.79 Å². The zero-order valence-corrected chi connectivity index (χ0v) is 17.7. The minimum Gasteiger partial charge on any atom is -0.489 e. The molecule has 0 aliphatic carbocycles. The summed E-state index contributed by atoms with van der Waals surface area (Å²) in [5, 5.41) is 1.80. The van der Waals surface area contributed by atoms with E-state index in [1.54, 1.807) is 60.7 Å². The van der Waals surface area contributed by atoms with Crippen LogP contribution in [0.4, 0.5) is 0 Å². The van der Waals surface area contributed by atoms with Gasteiger partial charge in [0, 0.05) is 21.7 Å². The summed E-state index contributed by atoms with van der Waals surface area (Å²) < 4.78 is 11.5. The zero-order chi connectivity index (χ0) is 20.5. The average Bonchev–Trinajstić information content (AvgIpc) is 3.00. The average molecular weight is 466 g/mol. The van der Waals surface area contributed by atoms with Crippen molar-refractivity contribution >= 4 is 58.3 Å². The molecule has 3 nitrogen and oxygen atoms in total. The van der Waals surface area contributed by atoms with Crippen LogP contribution >= 0.6 is 46.4 Å². The molecule has 3 aromatic rings. The van der Waals surface area contributed by atoms with E-state index in [0.717, 1.165) is 0 Å². The normalized spacial score (nSPS) is 14.1. The summed E-state index contributed by atoms with van der Waals surface area (Å²) >= 11 is 24.6. The van der Waals surface area contributed by atoms with Crippen LogP contribution in [0.3, 0.4) is 0 Å². The highest BCUT2D eigenvalue weighted by atomic mass is 35.5. The molecule has 0 spiro atoms. The molecule has 1 aliphatic rings. The van der Waals surface area contributed by atoms with Crippen LogP contribution in [-0.2, 0) is 6.61 Å². The van der Waals surface area contributed by atoms with Gasteiger partial charge in [-0.1, -0.05) is 64.6 Å². The van der Waals surface area contributed by atoms with Gasteiger partial charge in [0.1, 0.15) is 18.1 Å². The van der Waals surface area contributed by atoms with Crippen LogP contribution < -0.4 is 9.47 Å². The lowest BCUT2D eigenvalue weighted by molar-refractivity contribution is 0.101. The third-order valence-corrected chi connectivity index (χ3v) is 5.90. The Kier molecular flexibility index (Phi) is 5.75. The second kappa shape index (κ2) is 8.29. The van der Waals surface area contributed by atoms with Gasteiger partial charge in [-0.3, -0.25) is 4.79 Å². The first-order chi connectivity index (χ1) is 13.9. The van der Waals surface area contributed by atoms with E-state index in [0.29, 0.717) is 48.3 Å². The summed E-state index contributed by atoms with van der Waals surface area (Å²) in [6.07, 6.45) is 1.57. The summed E-state index contributed by atoms with van der Waals surface area (Å²) in [6.45, 7) is 0.187. The number of hydrogen-bond donors (Lipinski definition) is 0. The van der Waals surface area contributed by atoms with Crippen molar-refractivity contribution in [2.75, 3.05) is 0 Å². The number of ketones is 1. The van der Waals surface area contributed by atoms with Crippen molar-refractivity contribution in [3.63, 3.8) is 0 Å². The van der Waals surface area contributed by atoms with Gasteiger partial charge in [-0.05, 0) is 42.0 Å². The van der Waals surface area contributed by atoms with Gasteiger partial charge < -0.3 is 9.47 Å². The number of rotatable bonds is 4. The second-order valence-corrected chi connectivity index (χ2v) is 7.83. The first kappa shape index (κ1) is 20.1. The molecule has 7 heteroatoms. The van der Waals surface area contributed by atoms with Crippen molar-refractivity contribution in [1.82, 2.24) is 0 Å². The fourth-order valence-corrected chi connectivity index (χ4v) is 3.72. The highest BCUT2D eigenvalue weighted by Crippen LogP contribution is 2.37. The SMILES string of the molecule is O=C1C(=Cc2cccc(Cl)c2Cl)Oc2cc(OCc3c(Cl)cccc3Cl)ccc21. The van der Waals surface area contributed by atoms with Gasteiger partial charge in [-0.15, -0.1) is 0 Å². The van der Waals surface area contributed by atoms with Gasteiger partial charge in [-0.25, -0.2) is 0 Å². The van der Waals surface area contributed by atoms with Gasteiger partial charge in [0.05, 0.1) is 15.6 Å². The van der Waals surface area contributed by atoms with Crippen LogP contribution in [0, 0.1) is 0 Å². The topological polar surface area (TPSA) is 35.5 Å². The van der Waals surface area contributed by atoms with Crippen LogP contribution in [0.1, 0.15) is 21.5 Å². The summed E-state index contributed by atoms with van der Waals surface area (Å²) in [5.74, 6) is 0.851. The highest BCUT2D eigenvalue weighted by molar-refractivity contribution is 6.43. The molecular formula is C22H12Cl4O3. The lowest BCUT2D eigenvalue weighted by Gasteiger charge is -2.10. The molecule has 0 fully saturated rings. The summed E-state index contributed by atoms with van der Waals surface area (Å²) in [4.78, 5) is 12.6. The number of hydrogen-bond acceptors (Lipinski definition) is 3. The fraction of sp³-hybridized carbons (Fsp3) is 0.0455. The maximum absolute atomic E-state index is 12.6. The van der Waals surface area contributed by atoms with Gasteiger partial charge in [0.2, 0.25) is 5.78 Å². The molecule has 0 unspecified atom stereocenters. The predicted octanol–water partition coefficient (Wildman–Crippen LogP) is 7.50. The van der Waals surface area contributed by atoms with Crippen molar-refractivity contribution in [3.05, 3.63) is 97.1 Å². The van der Waals surface area contributed by atoms with Gasteiger partial charge >= 0.3 is 0 Å². The number of allylic oxidation sites excluding steroid dienone is 1. The largest absolute Gasteiger partial charge is 0.489 e. The Morgan fingerprint density at radius 1 is 0.897 bits per heavy atom. The zero-order valence-electron chi connectivity index (χ0n) is 14.7. The second-order valence-electron chi connectivity index (χ2n) is 6.23. The number of halogens is 4. The van der Waals surface area contributed by atoms with Gasteiger partial charge in [0.15, 0.2) is 5.76 Å². The first-order valence-corrected chi connectivity index (χ1v) is 10.0. The van der Waals surface area contributed by atoms with Crippen LogP contribution in [0.25, 0.3) is 6.08 Å². The van der Waals surface area contributed by atoms with E-state index in [-0.39, 0.29) is 18.1 Å². The quantitative estimate of drug-likeness (QED) is 0.374. The molecule has 0 atom stereocenters. The molecule has 0 saturated heterocycles. The van der Waals surface area contributed by atoms with E-state index < -0.39 is 0 Å². The van der Waals surface area contributed by atoms with Crippen LogP contribution in [0.5, 0.6) is 11.5 Å². The first-order valence-electron chi connectivity index (χ1n) is 8.52. The smallest absolute Gasteiger partial charge is 0.231 e. The molecule has 3 aromatic carbocycles. The molecule has 1 aliphatic heterocycles. The summed E-state index contributed by atoms with van der Waals surface area (Å²) in [7, 11) is 0. The van der Waals surface area contributed by atoms with E-state index in [4.69, 9.17) is 55.9 Å².